The van der Waals surface area contributed by atoms with Crippen LogP contribution in [0, 0.1) is 11.8 Å². The van der Waals surface area contributed by atoms with Gasteiger partial charge in [-0.1, -0.05) is 24.4 Å². The first-order chi connectivity index (χ1) is 10.1. The quantitative estimate of drug-likeness (QED) is 0.814. The lowest BCUT2D eigenvalue weighted by Crippen LogP contribution is -2.36. The maximum Gasteiger partial charge on any atom is 0.306 e. The molecule has 1 amide bonds. The molecule has 2 rings (SSSR count). The number of hydrogen-bond acceptors (Lipinski definition) is 3. The molecule has 1 aromatic heterocycles. The first kappa shape index (κ1) is 16.0. The maximum atomic E-state index is 11.8. The predicted molar refractivity (Wildman–Crippen MR) is 84.5 cm³/mol. The molecule has 1 fully saturated rings. The summed E-state index contributed by atoms with van der Waals surface area (Å²) in [5.41, 5.74) is 0. The summed E-state index contributed by atoms with van der Waals surface area (Å²) in [6, 6.07) is 3.63. The van der Waals surface area contributed by atoms with E-state index in [1.54, 1.807) is 12.1 Å². The van der Waals surface area contributed by atoms with Crippen molar-refractivity contribution >= 4 is 40.9 Å². The number of hydrogen-bond donors (Lipinski definition) is 2. The highest BCUT2D eigenvalue weighted by molar-refractivity contribution is 7.17. The van der Waals surface area contributed by atoms with Crippen molar-refractivity contribution in [3.05, 3.63) is 27.4 Å². The Morgan fingerprint density at radius 3 is 2.81 bits per heavy atom. The van der Waals surface area contributed by atoms with E-state index in [2.05, 4.69) is 5.32 Å². The lowest BCUT2D eigenvalue weighted by molar-refractivity contribution is -0.145. The van der Waals surface area contributed by atoms with Crippen LogP contribution in [0.1, 0.15) is 30.6 Å². The molecule has 1 aliphatic carbocycles. The molecule has 0 saturated heterocycles. The molecule has 0 aliphatic heterocycles. The van der Waals surface area contributed by atoms with E-state index in [0.29, 0.717) is 17.3 Å². The number of nitrogens with one attached hydrogen (secondary N) is 1. The van der Waals surface area contributed by atoms with E-state index in [-0.39, 0.29) is 17.7 Å². The zero-order valence-electron chi connectivity index (χ0n) is 11.5. The average molecular weight is 328 g/mol. The number of amides is 1. The van der Waals surface area contributed by atoms with E-state index in [9.17, 15) is 14.7 Å². The van der Waals surface area contributed by atoms with Gasteiger partial charge in [0.2, 0.25) is 5.91 Å². The molecule has 1 saturated carbocycles. The van der Waals surface area contributed by atoms with Crippen molar-refractivity contribution in [2.75, 3.05) is 6.54 Å². The van der Waals surface area contributed by atoms with Crippen LogP contribution in [0.3, 0.4) is 0 Å². The molecule has 1 aliphatic rings. The molecule has 2 N–H and O–H groups in total. The number of halogens is 1. The number of thiophene rings is 1. The van der Waals surface area contributed by atoms with Crippen molar-refractivity contribution < 1.29 is 14.7 Å². The fraction of sp³-hybridized carbons (Fsp3) is 0.467. The number of rotatable bonds is 5. The van der Waals surface area contributed by atoms with E-state index in [0.717, 1.165) is 24.1 Å². The lowest BCUT2D eigenvalue weighted by Gasteiger charge is -2.28. The minimum absolute atomic E-state index is 0.0322. The number of carboxylic acids is 1. The third-order valence-electron chi connectivity index (χ3n) is 3.76. The smallest absolute Gasteiger partial charge is 0.306 e. The molecular formula is C15H18ClNO3S. The Balaban J connectivity index is 1.82. The van der Waals surface area contributed by atoms with Crippen LogP contribution in [0.25, 0.3) is 6.08 Å². The highest BCUT2D eigenvalue weighted by Crippen LogP contribution is 2.29. The minimum atomic E-state index is -0.752. The topological polar surface area (TPSA) is 66.4 Å². The number of carboxylic acid groups (broad SMARTS) is 1. The summed E-state index contributed by atoms with van der Waals surface area (Å²) in [7, 11) is 0. The van der Waals surface area contributed by atoms with Gasteiger partial charge >= 0.3 is 5.97 Å². The second-order valence-electron chi connectivity index (χ2n) is 5.21. The standard InChI is InChI=1S/C15H18ClNO3S/c16-13-7-5-11(21-13)6-8-14(18)17-9-10-3-1-2-4-12(10)15(19)20/h5-8,10,12H,1-4,9H2,(H,17,18)(H,19,20). The molecule has 0 spiro atoms. The summed E-state index contributed by atoms with van der Waals surface area (Å²) < 4.78 is 0.682. The van der Waals surface area contributed by atoms with Gasteiger partial charge in [0.05, 0.1) is 10.3 Å². The SMILES string of the molecule is O=C(C=Cc1ccc(Cl)s1)NCC1CCCCC1C(=O)O. The molecule has 0 radical (unpaired) electrons. The van der Waals surface area contributed by atoms with Gasteiger partial charge in [-0.2, -0.15) is 0 Å². The second-order valence-corrected chi connectivity index (χ2v) is 6.96. The zero-order valence-corrected chi connectivity index (χ0v) is 13.1. The molecule has 4 nitrogen and oxygen atoms in total. The van der Waals surface area contributed by atoms with Crippen molar-refractivity contribution in [1.82, 2.24) is 5.32 Å². The van der Waals surface area contributed by atoms with Crippen LogP contribution >= 0.6 is 22.9 Å². The van der Waals surface area contributed by atoms with Gasteiger partial charge in [0.25, 0.3) is 0 Å². The summed E-state index contributed by atoms with van der Waals surface area (Å²) in [4.78, 5) is 23.9. The molecule has 0 aromatic carbocycles. The number of carbonyl (C=O) groups excluding carboxylic acids is 1. The van der Waals surface area contributed by atoms with Gasteiger partial charge in [-0.25, -0.2) is 0 Å². The predicted octanol–water partition coefficient (Wildman–Crippen LogP) is 3.42. The maximum absolute atomic E-state index is 11.8. The van der Waals surface area contributed by atoms with Crippen LogP contribution in [0.15, 0.2) is 18.2 Å². The van der Waals surface area contributed by atoms with Crippen molar-refractivity contribution in [2.24, 2.45) is 11.8 Å². The van der Waals surface area contributed by atoms with Crippen LogP contribution < -0.4 is 5.32 Å². The van der Waals surface area contributed by atoms with E-state index in [1.807, 2.05) is 6.07 Å². The zero-order chi connectivity index (χ0) is 15.2. The van der Waals surface area contributed by atoms with E-state index < -0.39 is 5.97 Å². The van der Waals surface area contributed by atoms with Gasteiger partial charge in [0, 0.05) is 17.5 Å². The average Bonchev–Trinajstić information content (AvgIpc) is 2.88. The van der Waals surface area contributed by atoms with Crippen LogP contribution in [-0.2, 0) is 9.59 Å². The van der Waals surface area contributed by atoms with Gasteiger partial charge in [0.1, 0.15) is 0 Å². The van der Waals surface area contributed by atoms with E-state index in [4.69, 9.17) is 11.6 Å². The number of aliphatic carboxylic acids is 1. The Morgan fingerprint density at radius 1 is 1.38 bits per heavy atom. The van der Waals surface area contributed by atoms with Crippen molar-refractivity contribution in [1.29, 1.82) is 0 Å². The molecular weight excluding hydrogens is 310 g/mol. The second kappa shape index (κ2) is 7.61. The summed E-state index contributed by atoms with van der Waals surface area (Å²) in [6.07, 6.45) is 6.73. The van der Waals surface area contributed by atoms with Crippen LogP contribution in [-0.4, -0.2) is 23.5 Å². The minimum Gasteiger partial charge on any atom is -0.481 e. The summed E-state index contributed by atoms with van der Waals surface area (Å²) in [6.45, 7) is 0.422. The first-order valence-corrected chi connectivity index (χ1v) is 8.20. The molecule has 6 heteroatoms. The first-order valence-electron chi connectivity index (χ1n) is 7.00. The van der Waals surface area contributed by atoms with Gasteiger partial charge in [-0.3, -0.25) is 9.59 Å². The summed E-state index contributed by atoms with van der Waals surface area (Å²) in [5.74, 6) is -1.25. The Morgan fingerprint density at radius 2 is 2.14 bits per heavy atom. The van der Waals surface area contributed by atoms with Crippen LogP contribution in [0.2, 0.25) is 4.34 Å². The fourth-order valence-electron chi connectivity index (χ4n) is 2.64. The molecule has 0 bridgehead atoms. The Bertz CT molecular complexity index is 541. The Kier molecular flexibility index (Phi) is 5.82. The van der Waals surface area contributed by atoms with Gasteiger partial charge in [-0.15, -0.1) is 11.3 Å². The summed E-state index contributed by atoms with van der Waals surface area (Å²) in [5, 5.41) is 12.0. The Labute approximate surface area is 132 Å². The van der Waals surface area contributed by atoms with Gasteiger partial charge < -0.3 is 10.4 Å². The molecule has 1 aromatic rings. The highest BCUT2D eigenvalue weighted by Gasteiger charge is 2.30. The van der Waals surface area contributed by atoms with Gasteiger partial charge in [0.15, 0.2) is 0 Å². The third-order valence-corrected chi connectivity index (χ3v) is 4.95. The monoisotopic (exact) mass is 327 g/mol. The molecule has 114 valence electrons. The number of carbonyl (C=O) groups is 2. The van der Waals surface area contributed by atoms with Crippen molar-refractivity contribution in [3.63, 3.8) is 0 Å². The molecule has 2 atom stereocenters. The summed E-state index contributed by atoms with van der Waals surface area (Å²) >= 11 is 7.21. The lowest BCUT2D eigenvalue weighted by atomic mass is 9.79. The molecule has 2 unspecified atom stereocenters. The normalized spacial score (nSPS) is 22.3. The van der Waals surface area contributed by atoms with Crippen molar-refractivity contribution in [3.8, 4) is 0 Å². The van der Waals surface area contributed by atoms with Crippen molar-refractivity contribution in [2.45, 2.75) is 25.7 Å². The van der Waals surface area contributed by atoms with E-state index >= 15 is 0 Å². The van der Waals surface area contributed by atoms with Crippen LogP contribution in [0.4, 0.5) is 0 Å². The molecule has 21 heavy (non-hydrogen) atoms. The third kappa shape index (κ3) is 4.86. The fourth-order valence-corrected chi connectivity index (χ4v) is 3.61. The van der Waals surface area contributed by atoms with Crippen LogP contribution in [0.5, 0.6) is 0 Å². The van der Waals surface area contributed by atoms with Gasteiger partial charge in [-0.05, 0) is 37.0 Å². The van der Waals surface area contributed by atoms with E-state index in [1.165, 1.54) is 17.4 Å². The molecule has 1 heterocycles. The Hall–Kier alpha value is -1.33. The highest BCUT2D eigenvalue weighted by atomic mass is 35.5. The largest absolute Gasteiger partial charge is 0.481 e.